The predicted molar refractivity (Wildman–Crippen MR) is 82.1 cm³/mol. The number of rotatable bonds is 4. The van der Waals surface area contributed by atoms with Crippen molar-refractivity contribution in [3.63, 3.8) is 0 Å². The molecule has 1 heterocycles. The van der Waals surface area contributed by atoms with Gasteiger partial charge in [0.05, 0.1) is 0 Å². The molecule has 2 N–H and O–H groups in total. The first-order chi connectivity index (χ1) is 8.74. The lowest BCUT2D eigenvalue weighted by Gasteiger charge is -2.36. The van der Waals surface area contributed by atoms with E-state index in [4.69, 9.17) is 0 Å². The largest absolute Gasteiger partial charge is 0.396 e. The van der Waals surface area contributed by atoms with Gasteiger partial charge in [0.25, 0.3) is 0 Å². The molecule has 0 aliphatic carbocycles. The van der Waals surface area contributed by atoms with Crippen molar-refractivity contribution < 1.29 is 5.11 Å². The Labute approximate surface area is 122 Å². The summed E-state index contributed by atoms with van der Waals surface area (Å²) in [5.41, 5.74) is 4.09. The zero-order chi connectivity index (χ0) is 13.0. The minimum atomic E-state index is 0. The fraction of sp³-hybridized carbons (Fsp3) is 0.600. The van der Waals surface area contributed by atoms with Crippen LogP contribution in [-0.4, -0.2) is 42.8 Å². The van der Waals surface area contributed by atoms with Gasteiger partial charge < -0.3 is 10.4 Å². The van der Waals surface area contributed by atoms with Crippen LogP contribution in [0.1, 0.15) is 29.2 Å². The van der Waals surface area contributed by atoms with E-state index < -0.39 is 0 Å². The number of nitrogens with one attached hydrogen (secondary N) is 1. The van der Waals surface area contributed by atoms with Gasteiger partial charge in [0.2, 0.25) is 0 Å². The maximum absolute atomic E-state index is 9.37. The van der Waals surface area contributed by atoms with E-state index in [1.54, 1.807) is 0 Å². The molecule has 0 radical (unpaired) electrons. The summed E-state index contributed by atoms with van der Waals surface area (Å²) in [6.45, 7) is 8.84. The number of aliphatic hydroxyl groups is 1. The van der Waals surface area contributed by atoms with Crippen molar-refractivity contribution in [1.29, 1.82) is 0 Å². The van der Waals surface area contributed by atoms with Gasteiger partial charge in [-0.2, -0.15) is 0 Å². The third-order valence-electron chi connectivity index (χ3n) is 3.87. The van der Waals surface area contributed by atoms with Gasteiger partial charge in [-0.3, -0.25) is 4.90 Å². The molecule has 1 fully saturated rings. The smallest absolute Gasteiger partial charge is 0.0449 e. The summed E-state index contributed by atoms with van der Waals surface area (Å²) in [5.74, 6) is 0. The monoisotopic (exact) mass is 284 g/mol. The minimum Gasteiger partial charge on any atom is -0.396 e. The number of nitrogens with zero attached hydrogens (tertiary/aromatic N) is 1. The molecule has 108 valence electrons. The Kier molecular flexibility index (Phi) is 6.80. The summed E-state index contributed by atoms with van der Waals surface area (Å²) < 4.78 is 0. The van der Waals surface area contributed by atoms with Crippen LogP contribution in [0.15, 0.2) is 18.2 Å². The molecule has 0 saturated carbocycles. The van der Waals surface area contributed by atoms with Crippen molar-refractivity contribution in [3.8, 4) is 0 Å². The SMILES string of the molecule is Cc1cccc(C)c1[C@H](CCO)N1CCNCC1.Cl. The van der Waals surface area contributed by atoms with Crippen LogP contribution in [0.25, 0.3) is 0 Å². The second-order valence-electron chi connectivity index (χ2n) is 5.12. The van der Waals surface area contributed by atoms with Crippen molar-refractivity contribution in [2.24, 2.45) is 0 Å². The van der Waals surface area contributed by atoms with E-state index in [2.05, 4.69) is 42.3 Å². The first-order valence-corrected chi connectivity index (χ1v) is 6.85. The van der Waals surface area contributed by atoms with E-state index in [1.165, 1.54) is 16.7 Å². The van der Waals surface area contributed by atoms with Crippen molar-refractivity contribution in [2.75, 3.05) is 32.8 Å². The zero-order valence-electron chi connectivity index (χ0n) is 11.9. The molecule has 1 atom stereocenters. The molecule has 19 heavy (non-hydrogen) atoms. The van der Waals surface area contributed by atoms with Crippen LogP contribution in [0, 0.1) is 13.8 Å². The van der Waals surface area contributed by atoms with Gasteiger partial charge >= 0.3 is 0 Å². The fourth-order valence-corrected chi connectivity index (χ4v) is 2.98. The van der Waals surface area contributed by atoms with Gasteiger partial charge in [-0.25, -0.2) is 0 Å². The normalized spacial score (nSPS) is 17.8. The van der Waals surface area contributed by atoms with Crippen LogP contribution in [-0.2, 0) is 0 Å². The third kappa shape index (κ3) is 3.93. The van der Waals surface area contributed by atoms with E-state index in [-0.39, 0.29) is 19.0 Å². The maximum Gasteiger partial charge on any atom is 0.0449 e. The standard InChI is InChI=1S/C15H24N2O.ClH/c1-12-4-3-5-13(2)15(12)14(6-11-18)17-9-7-16-8-10-17;/h3-5,14,16,18H,6-11H2,1-2H3;1H/t14-;/m0./s1. The Balaban J connectivity index is 0.00000180. The molecule has 0 unspecified atom stereocenters. The highest BCUT2D eigenvalue weighted by atomic mass is 35.5. The number of halogens is 1. The molecule has 1 aliphatic rings. The van der Waals surface area contributed by atoms with E-state index in [0.717, 1.165) is 32.6 Å². The zero-order valence-corrected chi connectivity index (χ0v) is 12.7. The summed E-state index contributed by atoms with van der Waals surface area (Å²) in [6, 6.07) is 6.82. The lowest BCUT2D eigenvalue weighted by atomic mass is 9.93. The van der Waals surface area contributed by atoms with Gasteiger partial charge in [-0.1, -0.05) is 18.2 Å². The number of aliphatic hydroxyl groups excluding tert-OH is 1. The number of hydrogen-bond acceptors (Lipinski definition) is 3. The summed E-state index contributed by atoms with van der Waals surface area (Å²) in [7, 11) is 0. The summed E-state index contributed by atoms with van der Waals surface area (Å²) in [6.07, 6.45) is 0.825. The molecule has 0 spiro atoms. The second kappa shape index (κ2) is 7.85. The predicted octanol–water partition coefficient (Wildman–Crippen LogP) is 2.05. The highest BCUT2D eigenvalue weighted by molar-refractivity contribution is 5.85. The molecule has 0 aromatic heterocycles. The first-order valence-electron chi connectivity index (χ1n) is 6.85. The fourth-order valence-electron chi connectivity index (χ4n) is 2.98. The number of benzene rings is 1. The first kappa shape index (κ1) is 16.4. The molecule has 1 aromatic rings. The lowest BCUT2D eigenvalue weighted by molar-refractivity contribution is 0.140. The molecule has 2 rings (SSSR count). The molecular weight excluding hydrogens is 260 g/mol. The molecule has 3 nitrogen and oxygen atoms in total. The van der Waals surface area contributed by atoms with Gasteiger partial charge in [-0.05, 0) is 37.0 Å². The Bertz CT molecular complexity index is 371. The Morgan fingerprint density at radius 1 is 1.21 bits per heavy atom. The van der Waals surface area contributed by atoms with Crippen LogP contribution in [0.2, 0.25) is 0 Å². The minimum absolute atomic E-state index is 0. The molecule has 1 saturated heterocycles. The molecule has 0 amide bonds. The van der Waals surface area contributed by atoms with Gasteiger partial charge in [0.1, 0.15) is 0 Å². The average Bonchev–Trinajstić information content (AvgIpc) is 2.38. The Morgan fingerprint density at radius 3 is 2.32 bits per heavy atom. The van der Waals surface area contributed by atoms with Crippen LogP contribution in [0.5, 0.6) is 0 Å². The Morgan fingerprint density at radius 2 is 1.79 bits per heavy atom. The Hall–Kier alpha value is -0.610. The number of piperazine rings is 1. The summed E-state index contributed by atoms with van der Waals surface area (Å²) >= 11 is 0. The quantitative estimate of drug-likeness (QED) is 0.888. The van der Waals surface area contributed by atoms with Crippen molar-refractivity contribution >= 4 is 12.4 Å². The number of aryl methyl sites for hydroxylation is 2. The van der Waals surface area contributed by atoms with E-state index in [1.807, 2.05) is 0 Å². The van der Waals surface area contributed by atoms with Crippen LogP contribution in [0.3, 0.4) is 0 Å². The van der Waals surface area contributed by atoms with Crippen LogP contribution < -0.4 is 5.32 Å². The van der Waals surface area contributed by atoms with Crippen LogP contribution >= 0.6 is 12.4 Å². The third-order valence-corrected chi connectivity index (χ3v) is 3.87. The average molecular weight is 285 g/mol. The van der Waals surface area contributed by atoms with Gasteiger partial charge in [0.15, 0.2) is 0 Å². The second-order valence-corrected chi connectivity index (χ2v) is 5.12. The topological polar surface area (TPSA) is 35.5 Å². The maximum atomic E-state index is 9.37. The van der Waals surface area contributed by atoms with E-state index in [9.17, 15) is 5.11 Å². The highest BCUT2D eigenvalue weighted by Gasteiger charge is 2.24. The molecule has 0 bridgehead atoms. The van der Waals surface area contributed by atoms with Crippen molar-refractivity contribution in [3.05, 3.63) is 34.9 Å². The van der Waals surface area contributed by atoms with E-state index in [0.29, 0.717) is 6.04 Å². The van der Waals surface area contributed by atoms with Crippen molar-refractivity contribution in [1.82, 2.24) is 10.2 Å². The molecular formula is C15H25ClN2O. The lowest BCUT2D eigenvalue weighted by Crippen LogP contribution is -2.45. The summed E-state index contributed by atoms with van der Waals surface area (Å²) in [4.78, 5) is 2.50. The highest BCUT2D eigenvalue weighted by Crippen LogP contribution is 2.29. The van der Waals surface area contributed by atoms with Gasteiger partial charge in [-0.15, -0.1) is 12.4 Å². The van der Waals surface area contributed by atoms with Crippen molar-refractivity contribution in [2.45, 2.75) is 26.3 Å². The van der Waals surface area contributed by atoms with E-state index >= 15 is 0 Å². The molecule has 1 aliphatic heterocycles. The summed E-state index contributed by atoms with van der Waals surface area (Å²) in [5, 5.41) is 12.8. The molecule has 4 heteroatoms. The number of hydrogen-bond donors (Lipinski definition) is 2. The molecule has 1 aromatic carbocycles. The van der Waals surface area contributed by atoms with Crippen LogP contribution in [0.4, 0.5) is 0 Å². The van der Waals surface area contributed by atoms with Gasteiger partial charge in [0, 0.05) is 38.8 Å².